The molecule has 2 rings (SSSR count). The van der Waals surface area contributed by atoms with E-state index in [0.29, 0.717) is 11.3 Å². The number of aryl methyl sites for hydroxylation is 1. The van der Waals surface area contributed by atoms with Crippen molar-refractivity contribution in [1.29, 1.82) is 0 Å². The van der Waals surface area contributed by atoms with E-state index in [1.807, 2.05) is 0 Å². The zero-order chi connectivity index (χ0) is 18.8. The first-order valence-corrected chi connectivity index (χ1v) is 9.64. The molecule has 0 aliphatic carbocycles. The van der Waals surface area contributed by atoms with Crippen LogP contribution >= 0.6 is 11.8 Å². The molecule has 0 spiro atoms. The summed E-state index contributed by atoms with van der Waals surface area (Å²) < 4.78 is 59.9. The van der Waals surface area contributed by atoms with Gasteiger partial charge < -0.3 is 5.32 Å². The number of hydrogen-bond acceptors (Lipinski definition) is 4. The minimum absolute atomic E-state index is 0.0160. The molecule has 1 N–H and O–H groups in total. The molecule has 0 heterocycles. The van der Waals surface area contributed by atoms with E-state index in [0.717, 1.165) is 6.26 Å². The molecule has 2 aromatic carbocycles. The number of hydrogen-bond donors (Lipinski definition) is 1. The monoisotopic (exact) mass is 389 g/mol. The van der Waals surface area contributed by atoms with Gasteiger partial charge in [0, 0.05) is 22.4 Å². The molecule has 0 bridgehead atoms. The fourth-order valence-electron chi connectivity index (χ4n) is 2.01. The van der Waals surface area contributed by atoms with Gasteiger partial charge in [0.05, 0.1) is 4.90 Å². The lowest BCUT2D eigenvalue weighted by Gasteiger charge is -2.10. The lowest BCUT2D eigenvalue weighted by atomic mass is 10.1. The second kappa shape index (κ2) is 7.09. The first-order valence-electron chi connectivity index (χ1n) is 6.93. The maximum Gasteiger partial charge on any atom is 0.446 e. The van der Waals surface area contributed by atoms with Crippen molar-refractivity contribution in [3.05, 3.63) is 53.6 Å². The van der Waals surface area contributed by atoms with Gasteiger partial charge in [-0.3, -0.25) is 4.79 Å². The molecule has 1 amide bonds. The molecule has 4 nitrogen and oxygen atoms in total. The van der Waals surface area contributed by atoms with E-state index >= 15 is 0 Å². The van der Waals surface area contributed by atoms with Gasteiger partial charge in [-0.05, 0) is 66.7 Å². The van der Waals surface area contributed by atoms with E-state index in [4.69, 9.17) is 0 Å². The third kappa shape index (κ3) is 5.50. The molecule has 9 heteroatoms. The minimum Gasteiger partial charge on any atom is -0.322 e. The van der Waals surface area contributed by atoms with Crippen molar-refractivity contribution in [3.63, 3.8) is 0 Å². The number of halogens is 3. The van der Waals surface area contributed by atoms with Crippen LogP contribution in [0.5, 0.6) is 0 Å². The summed E-state index contributed by atoms with van der Waals surface area (Å²) in [5.41, 5.74) is -3.22. The molecule has 0 saturated heterocycles. The summed E-state index contributed by atoms with van der Waals surface area (Å²) in [4.78, 5) is 12.3. The third-order valence-electron chi connectivity index (χ3n) is 3.22. The molecule has 0 aromatic heterocycles. The SMILES string of the molecule is Cc1cc(S(C)(=O)=O)ccc1NC(=O)c1ccc(SC(F)(F)F)cc1. The zero-order valence-electron chi connectivity index (χ0n) is 13.2. The van der Waals surface area contributed by atoms with Crippen molar-refractivity contribution in [3.8, 4) is 0 Å². The maximum absolute atomic E-state index is 12.3. The van der Waals surface area contributed by atoms with Gasteiger partial charge in [-0.1, -0.05) is 0 Å². The normalized spacial score (nSPS) is 12.0. The van der Waals surface area contributed by atoms with Crippen LogP contribution in [0.15, 0.2) is 52.3 Å². The molecule has 134 valence electrons. The van der Waals surface area contributed by atoms with Gasteiger partial charge in [0.1, 0.15) is 0 Å². The minimum atomic E-state index is -4.39. The molecular weight excluding hydrogens is 375 g/mol. The van der Waals surface area contributed by atoms with Crippen molar-refractivity contribution >= 4 is 33.2 Å². The standard InChI is InChI=1S/C16H14F3NO3S2/c1-10-9-13(25(2,22)23)7-8-14(10)20-15(21)11-3-5-12(6-4-11)24-16(17,18)19/h3-9H,1-2H3,(H,20,21). The molecule has 0 fully saturated rings. The summed E-state index contributed by atoms with van der Waals surface area (Å²) in [7, 11) is -3.35. The van der Waals surface area contributed by atoms with Crippen molar-refractivity contribution in [2.45, 2.75) is 22.2 Å². The Morgan fingerprint density at radius 2 is 1.68 bits per heavy atom. The van der Waals surface area contributed by atoms with Crippen LogP contribution in [-0.2, 0) is 9.84 Å². The highest BCUT2D eigenvalue weighted by atomic mass is 32.2. The van der Waals surface area contributed by atoms with E-state index in [1.54, 1.807) is 6.92 Å². The van der Waals surface area contributed by atoms with Crippen LogP contribution in [0, 0.1) is 6.92 Å². The van der Waals surface area contributed by atoms with Crippen molar-refractivity contribution < 1.29 is 26.4 Å². The van der Waals surface area contributed by atoms with Crippen LogP contribution in [-0.4, -0.2) is 26.1 Å². The van der Waals surface area contributed by atoms with Crippen molar-refractivity contribution in [1.82, 2.24) is 0 Å². The van der Waals surface area contributed by atoms with Gasteiger partial charge in [-0.15, -0.1) is 0 Å². The molecule has 0 aliphatic heterocycles. The number of thioether (sulfide) groups is 1. The maximum atomic E-state index is 12.3. The lowest BCUT2D eigenvalue weighted by molar-refractivity contribution is -0.0328. The topological polar surface area (TPSA) is 63.2 Å². The quantitative estimate of drug-likeness (QED) is 0.794. The van der Waals surface area contributed by atoms with Crippen molar-refractivity contribution in [2.75, 3.05) is 11.6 Å². The third-order valence-corrected chi connectivity index (χ3v) is 5.07. The highest BCUT2D eigenvalue weighted by Crippen LogP contribution is 2.36. The van der Waals surface area contributed by atoms with Gasteiger partial charge in [0.2, 0.25) is 0 Å². The molecule has 0 saturated carbocycles. The number of benzene rings is 2. The molecule has 0 atom stereocenters. The van der Waals surface area contributed by atoms with Crippen LogP contribution in [0.3, 0.4) is 0 Å². The van der Waals surface area contributed by atoms with Gasteiger partial charge >= 0.3 is 5.51 Å². The average molecular weight is 389 g/mol. The Bertz CT molecular complexity index is 892. The Hall–Kier alpha value is -2.00. The second-order valence-corrected chi connectivity index (χ2v) is 8.43. The van der Waals surface area contributed by atoms with Crippen LogP contribution < -0.4 is 5.32 Å². The largest absolute Gasteiger partial charge is 0.446 e. The zero-order valence-corrected chi connectivity index (χ0v) is 14.8. The number of amides is 1. The van der Waals surface area contributed by atoms with Gasteiger partial charge in [0.15, 0.2) is 9.84 Å². The van der Waals surface area contributed by atoms with E-state index in [2.05, 4.69) is 5.32 Å². The fourth-order valence-corrected chi connectivity index (χ4v) is 3.26. The molecule has 25 heavy (non-hydrogen) atoms. The fraction of sp³-hybridized carbons (Fsp3) is 0.188. The summed E-state index contributed by atoms with van der Waals surface area (Å²) >= 11 is -0.257. The molecule has 2 aromatic rings. The smallest absolute Gasteiger partial charge is 0.322 e. The molecule has 0 radical (unpaired) electrons. The molecule has 0 aliphatic rings. The van der Waals surface area contributed by atoms with E-state index in [9.17, 15) is 26.4 Å². The number of carbonyl (C=O) groups excluding carboxylic acids is 1. The summed E-state index contributed by atoms with van der Waals surface area (Å²) in [5.74, 6) is -0.501. The Balaban J connectivity index is 2.14. The second-order valence-electron chi connectivity index (χ2n) is 5.28. The summed E-state index contributed by atoms with van der Waals surface area (Å²) in [5, 5.41) is 2.61. The Kier molecular flexibility index (Phi) is 5.48. The summed E-state index contributed by atoms with van der Waals surface area (Å²) in [6.07, 6.45) is 1.08. The first kappa shape index (κ1) is 19.3. The summed E-state index contributed by atoms with van der Waals surface area (Å²) in [6, 6.07) is 9.30. The van der Waals surface area contributed by atoms with Gasteiger partial charge in [-0.2, -0.15) is 13.2 Å². The van der Waals surface area contributed by atoms with E-state index in [1.165, 1.54) is 42.5 Å². The van der Waals surface area contributed by atoms with Crippen LogP contribution in [0.2, 0.25) is 0 Å². The Morgan fingerprint density at radius 3 is 2.16 bits per heavy atom. The van der Waals surface area contributed by atoms with Gasteiger partial charge in [-0.25, -0.2) is 8.42 Å². The Labute approximate surface area is 147 Å². The predicted molar refractivity (Wildman–Crippen MR) is 90.6 cm³/mol. The average Bonchev–Trinajstić information content (AvgIpc) is 2.47. The highest BCUT2D eigenvalue weighted by molar-refractivity contribution is 8.00. The number of alkyl halides is 3. The molecule has 0 unspecified atom stereocenters. The number of rotatable bonds is 4. The molecular formula is C16H14F3NO3S2. The van der Waals surface area contributed by atoms with E-state index < -0.39 is 21.3 Å². The number of carbonyl (C=O) groups is 1. The number of anilines is 1. The summed E-state index contributed by atoms with van der Waals surface area (Å²) in [6.45, 7) is 1.65. The van der Waals surface area contributed by atoms with Crippen LogP contribution in [0.1, 0.15) is 15.9 Å². The lowest BCUT2D eigenvalue weighted by Crippen LogP contribution is -2.13. The number of sulfone groups is 1. The van der Waals surface area contributed by atoms with Crippen molar-refractivity contribution in [2.24, 2.45) is 0 Å². The van der Waals surface area contributed by atoms with Gasteiger partial charge in [0.25, 0.3) is 5.91 Å². The Morgan fingerprint density at radius 1 is 1.08 bits per heavy atom. The predicted octanol–water partition coefficient (Wildman–Crippen LogP) is 4.26. The first-order chi connectivity index (χ1) is 11.5. The van der Waals surface area contributed by atoms with E-state index in [-0.39, 0.29) is 27.1 Å². The highest BCUT2D eigenvalue weighted by Gasteiger charge is 2.29. The van der Waals surface area contributed by atoms with Crippen LogP contribution in [0.25, 0.3) is 0 Å². The number of nitrogens with one attached hydrogen (secondary N) is 1. The van der Waals surface area contributed by atoms with Crippen LogP contribution in [0.4, 0.5) is 18.9 Å².